The van der Waals surface area contributed by atoms with E-state index in [0.717, 1.165) is 19.5 Å². The molecule has 0 spiro atoms. The van der Waals surface area contributed by atoms with Crippen LogP contribution in [0.2, 0.25) is 0 Å². The van der Waals surface area contributed by atoms with Crippen LogP contribution >= 0.6 is 87.0 Å². The van der Waals surface area contributed by atoms with Gasteiger partial charge in [0.05, 0.1) is 0 Å². The second-order valence-electron chi connectivity index (χ2n) is 11.6. The minimum absolute atomic E-state index is 0.0389. The van der Waals surface area contributed by atoms with Gasteiger partial charge in [0.25, 0.3) is 0 Å². The third-order valence-corrected chi connectivity index (χ3v) is 11.6. The molecule has 0 saturated heterocycles. The summed E-state index contributed by atoms with van der Waals surface area (Å²) in [5, 5.41) is 5.87. The van der Waals surface area contributed by atoms with Crippen molar-refractivity contribution in [2.45, 2.75) is 20.8 Å². The predicted molar refractivity (Wildman–Crippen MR) is 245 cm³/mol. The average molecular weight is 1050 g/mol. The van der Waals surface area contributed by atoms with Gasteiger partial charge in [0.15, 0.2) is 0 Å². The maximum atomic E-state index is 12.3. The minimum atomic E-state index is -1.33. The SMILES string of the molecule is C=C(C)C(=O)OCCOC(=O)c1ccc(-c2ccc(-c3ccc(C(=O)OCCOC(=O)C(=C)C)s3)s2)s1.C=C(C)C(=O)OCCOC(=O)c1cccs1.[Cl][Fe]([Cl])[Cl].c1ccsc1. The first-order valence-corrected chi connectivity index (χ1v) is 26.3. The molecule has 0 radical (unpaired) electrons. The van der Waals surface area contributed by atoms with Gasteiger partial charge in [0, 0.05) is 36.2 Å². The molecule has 21 heteroatoms. The molecule has 5 aromatic heterocycles. The molecule has 0 bridgehead atoms. The molecular weight excluding hydrogens is 1010 g/mol. The van der Waals surface area contributed by atoms with Gasteiger partial charge in [-0.25, -0.2) is 28.8 Å². The quantitative estimate of drug-likeness (QED) is 0.0286. The fourth-order valence-corrected chi connectivity index (χ4v) is 7.83. The van der Waals surface area contributed by atoms with Crippen molar-refractivity contribution in [2.24, 2.45) is 0 Å². The van der Waals surface area contributed by atoms with Crippen molar-refractivity contribution in [1.29, 1.82) is 0 Å². The van der Waals surface area contributed by atoms with Gasteiger partial charge in [-0.15, -0.1) is 45.3 Å². The van der Waals surface area contributed by atoms with Crippen LogP contribution in [0.3, 0.4) is 0 Å². The second-order valence-corrected chi connectivity index (χ2v) is 22.1. The summed E-state index contributed by atoms with van der Waals surface area (Å²) >= 11 is 5.81. The number of esters is 6. The summed E-state index contributed by atoms with van der Waals surface area (Å²) in [6.45, 7) is 15.0. The standard InChI is InChI=1S/C26H24O8S3.C11H12O4S.C4H4S.3ClH.Fe/c1-15(2)23(27)31-11-13-33-25(29)21-9-7-19(36-21)17-5-6-18(35-17)20-8-10-22(37-20)26(30)34-14-12-32-24(28)16(3)4;1-8(2)10(12)14-5-6-15-11(13)9-4-3-7-16-9;1-2-4-5-3-1;;;;/h5-10H,1,3,11-14H2,2,4H3;3-4,7H,1,5-6H2,2H3;1-4H;3*1H;/q;;;;;;+3/p-3. The van der Waals surface area contributed by atoms with E-state index in [1.54, 1.807) is 47.9 Å². The summed E-state index contributed by atoms with van der Waals surface area (Å²) in [6, 6.07) is 18.4. The molecule has 5 heterocycles. The maximum Gasteiger partial charge on any atom is -0.00934 e. The molecule has 0 N–H and O–H groups in total. The Bertz CT molecular complexity index is 2110. The number of thiophene rings is 5. The number of carbonyl (C=O) groups excluding carboxylic acids is 6. The summed E-state index contributed by atoms with van der Waals surface area (Å²) in [7, 11) is 14.7. The predicted octanol–water partition coefficient (Wildman–Crippen LogP) is 11.6. The van der Waals surface area contributed by atoms with E-state index in [1.807, 2.05) is 47.2 Å². The molecular formula is C41H40Cl3FeO12S5. The molecule has 0 amide bonds. The van der Waals surface area contributed by atoms with Gasteiger partial charge in [-0.1, -0.05) is 37.9 Å². The summed E-state index contributed by atoms with van der Waals surface area (Å²) < 4.78 is 29.8. The Labute approximate surface area is 395 Å². The van der Waals surface area contributed by atoms with Gasteiger partial charge in [-0.2, -0.15) is 11.3 Å². The molecule has 335 valence electrons. The molecule has 62 heavy (non-hydrogen) atoms. The summed E-state index contributed by atoms with van der Waals surface area (Å²) in [6.07, 6.45) is 0. The largest absolute Gasteiger partial charge is 0.152 e. The van der Waals surface area contributed by atoms with Crippen LogP contribution in [-0.2, 0) is 54.0 Å². The van der Waals surface area contributed by atoms with E-state index in [0.29, 0.717) is 20.2 Å². The summed E-state index contributed by atoms with van der Waals surface area (Å²) in [5.74, 6) is -2.92. The molecule has 0 aliphatic carbocycles. The minimum Gasteiger partial charge on any atom is -0.152 e. The van der Waals surface area contributed by atoms with E-state index in [2.05, 4.69) is 19.7 Å². The molecule has 0 aliphatic heterocycles. The van der Waals surface area contributed by atoms with Gasteiger partial charge < -0.3 is 28.4 Å². The Kier molecular flexibility index (Phi) is 26.2. The van der Waals surface area contributed by atoms with Crippen LogP contribution in [0.1, 0.15) is 49.8 Å². The van der Waals surface area contributed by atoms with Crippen molar-refractivity contribution < 1.29 is 68.4 Å². The van der Waals surface area contributed by atoms with Crippen LogP contribution in [0, 0.1) is 0 Å². The van der Waals surface area contributed by atoms with Gasteiger partial charge in [0.1, 0.15) is 54.3 Å². The fraction of sp³-hybridized carbons (Fsp3) is 0.220. The molecule has 12 nitrogen and oxygen atoms in total. The first-order chi connectivity index (χ1) is 29.5. The fourth-order valence-electron chi connectivity index (χ4n) is 3.77. The molecule has 5 rings (SSSR count). The zero-order chi connectivity index (χ0) is 46.0. The van der Waals surface area contributed by atoms with Crippen LogP contribution in [-0.4, -0.2) is 75.5 Å². The van der Waals surface area contributed by atoms with Crippen molar-refractivity contribution in [3.05, 3.63) is 128 Å². The van der Waals surface area contributed by atoms with Crippen molar-refractivity contribution in [3.63, 3.8) is 0 Å². The van der Waals surface area contributed by atoms with Crippen molar-refractivity contribution in [1.82, 2.24) is 0 Å². The van der Waals surface area contributed by atoms with Crippen LogP contribution in [0.25, 0.3) is 19.5 Å². The van der Waals surface area contributed by atoms with Crippen LogP contribution in [0.5, 0.6) is 0 Å². The number of halogens is 3. The summed E-state index contributed by atoms with van der Waals surface area (Å²) in [4.78, 5) is 74.7. The van der Waals surface area contributed by atoms with Crippen LogP contribution in [0.4, 0.5) is 0 Å². The first-order valence-electron chi connectivity index (χ1n) is 17.5. The topological polar surface area (TPSA) is 158 Å². The van der Waals surface area contributed by atoms with Crippen molar-refractivity contribution in [2.75, 3.05) is 39.6 Å². The van der Waals surface area contributed by atoms with Crippen LogP contribution < -0.4 is 0 Å². The summed E-state index contributed by atoms with van der Waals surface area (Å²) in [5.41, 5.74) is 0.883. The Morgan fingerprint density at radius 3 is 1.10 bits per heavy atom. The molecule has 5 aromatic rings. The maximum absolute atomic E-state index is 12.3. The van der Waals surface area contributed by atoms with Crippen molar-refractivity contribution >= 4 is 123 Å². The number of carbonyl (C=O) groups is 6. The van der Waals surface area contributed by atoms with Crippen LogP contribution in [0.15, 0.2) is 113 Å². The van der Waals surface area contributed by atoms with E-state index >= 15 is 0 Å². The van der Waals surface area contributed by atoms with E-state index in [9.17, 15) is 28.8 Å². The third kappa shape index (κ3) is 21.8. The second kappa shape index (κ2) is 30.1. The third-order valence-electron chi connectivity index (χ3n) is 6.55. The molecule has 0 aliphatic rings. The molecule has 0 unspecified atom stereocenters. The molecule has 0 atom stereocenters. The van der Waals surface area contributed by atoms with E-state index in [1.165, 1.54) is 59.2 Å². The number of ether oxygens (including phenoxy) is 6. The van der Waals surface area contributed by atoms with E-state index < -0.39 is 47.0 Å². The van der Waals surface area contributed by atoms with Gasteiger partial charge in [0.2, 0.25) is 0 Å². The zero-order valence-corrected chi connectivity index (χ0v) is 40.8. The van der Waals surface area contributed by atoms with Gasteiger partial charge in [-0.05, 0) is 79.4 Å². The van der Waals surface area contributed by atoms with Crippen molar-refractivity contribution in [3.8, 4) is 19.5 Å². The zero-order valence-electron chi connectivity index (χ0n) is 33.3. The number of rotatable bonds is 17. The van der Waals surface area contributed by atoms with Gasteiger partial charge >= 0.3 is 77.3 Å². The smallest absolute Gasteiger partial charge is 0.00934 e. The first kappa shape index (κ1) is 54.1. The Balaban J connectivity index is 0.000000430. The molecule has 0 fully saturated rings. The molecule has 0 saturated carbocycles. The van der Waals surface area contributed by atoms with Gasteiger partial charge in [-0.3, -0.25) is 0 Å². The normalized spacial score (nSPS) is 10.1. The Morgan fingerprint density at radius 2 is 0.790 bits per heavy atom. The number of hydrogen-bond acceptors (Lipinski definition) is 17. The Morgan fingerprint density at radius 1 is 0.468 bits per heavy atom. The van der Waals surface area contributed by atoms with E-state index in [-0.39, 0.29) is 50.8 Å². The monoisotopic (exact) mass is 1040 g/mol. The molecule has 0 aromatic carbocycles. The van der Waals surface area contributed by atoms with E-state index in [4.69, 9.17) is 58.7 Å². The number of hydrogen-bond donors (Lipinski definition) is 0. The average Bonchev–Trinajstić information content (AvgIpc) is 4.09. The Hall–Kier alpha value is -4.07.